The molecule has 152 valence electrons. The highest BCUT2D eigenvalue weighted by Gasteiger charge is 2.11. The number of para-hydroxylation sites is 2. The van der Waals surface area contributed by atoms with Gasteiger partial charge in [0.15, 0.2) is 0 Å². The lowest BCUT2D eigenvalue weighted by molar-refractivity contribution is -0.134. The zero-order chi connectivity index (χ0) is 21.3. The van der Waals surface area contributed by atoms with Crippen molar-refractivity contribution in [1.29, 1.82) is 0 Å². The zero-order valence-electron chi connectivity index (χ0n) is 16.8. The average molecular weight is 400 g/mol. The first-order chi connectivity index (χ1) is 14.6. The van der Waals surface area contributed by atoms with Crippen LogP contribution in [0.5, 0.6) is 5.75 Å². The first kappa shape index (κ1) is 21.0. The maximum atomic E-state index is 9.00. The molecule has 1 heterocycles. The molecule has 0 saturated carbocycles. The number of hydrogen-bond donors (Lipinski definition) is 2. The Hall–Kier alpha value is -3.70. The van der Waals surface area contributed by atoms with Crippen molar-refractivity contribution in [2.75, 3.05) is 0 Å². The van der Waals surface area contributed by atoms with E-state index in [0.29, 0.717) is 13.2 Å². The third-order valence-electron chi connectivity index (χ3n) is 4.42. The van der Waals surface area contributed by atoms with Crippen molar-refractivity contribution in [3.63, 3.8) is 0 Å². The highest BCUT2D eigenvalue weighted by molar-refractivity contribution is 5.78. The molecule has 0 atom stereocenters. The van der Waals surface area contributed by atoms with Crippen LogP contribution < -0.4 is 10.5 Å². The molecule has 3 N–H and O–H groups in total. The number of ether oxygens (including phenoxy) is 1. The van der Waals surface area contributed by atoms with Crippen molar-refractivity contribution in [3.8, 4) is 16.9 Å². The number of aliphatic carboxylic acids is 1. The summed E-state index contributed by atoms with van der Waals surface area (Å²) in [5.74, 6) is -0.00356. The van der Waals surface area contributed by atoms with Crippen molar-refractivity contribution in [3.05, 3.63) is 96.2 Å². The molecule has 0 aliphatic rings. The normalized spacial score (nSPS) is 10.2. The second kappa shape index (κ2) is 10.2. The van der Waals surface area contributed by atoms with Crippen LogP contribution in [0.2, 0.25) is 0 Å². The van der Waals surface area contributed by atoms with Gasteiger partial charge in [0.2, 0.25) is 0 Å². The predicted octanol–water partition coefficient (Wildman–Crippen LogP) is 5.03. The lowest BCUT2D eigenvalue weighted by atomic mass is 10.0. The molecule has 4 aromatic rings. The molecular formula is C25H24N2O3. The molecule has 0 bridgehead atoms. The number of nitrogens with two attached hydrogens (primary N) is 1. The number of fused-ring (bicyclic) bond motifs is 1. The summed E-state index contributed by atoms with van der Waals surface area (Å²) in [6, 6.07) is 28.5. The molecule has 0 radical (unpaired) electrons. The Morgan fingerprint density at radius 1 is 0.933 bits per heavy atom. The Morgan fingerprint density at radius 2 is 1.63 bits per heavy atom. The van der Waals surface area contributed by atoms with E-state index >= 15 is 0 Å². The van der Waals surface area contributed by atoms with Gasteiger partial charge in [-0.25, -0.2) is 4.98 Å². The van der Waals surface area contributed by atoms with Crippen LogP contribution in [0, 0.1) is 0 Å². The maximum Gasteiger partial charge on any atom is 0.300 e. The summed E-state index contributed by atoms with van der Waals surface area (Å²) < 4.78 is 6.21. The first-order valence-corrected chi connectivity index (χ1v) is 9.63. The Kier molecular flexibility index (Phi) is 7.14. The monoisotopic (exact) mass is 400 g/mol. The van der Waals surface area contributed by atoms with Crippen molar-refractivity contribution in [2.45, 2.75) is 20.1 Å². The quantitative estimate of drug-likeness (QED) is 0.491. The van der Waals surface area contributed by atoms with Gasteiger partial charge in [0.05, 0.1) is 11.2 Å². The molecule has 0 saturated heterocycles. The minimum Gasteiger partial charge on any atom is -0.486 e. The summed E-state index contributed by atoms with van der Waals surface area (Å²) in [6.45, 7) is 1.92. The number of carboxylic acid groups (broad SMARTS) is 1. The smallest absolute Gasteiger partial charge is 0.300 e. The Bertz CT molecular complexity index is 1120. The van der Waals surface area contributed by atoms with E-state index in [-0.39, 0.29) is 0 Å². The van der Waals surface area contributed by atoms with E-state index in [9.17, 15) is 0 Å². The van der Waals surface area contributed by atoms with Crippen LogP contribution in [0.1, 0.15) is 18.2 Å². The fraction of sp³-hybridized carbons (Fsp3) is 0.120. The van der Waals surface area contributed by atoms with Gasteiger partial charge in [-0.3, -0.25) is 4.79 Å². The maximum absolute atomic E-state index is 9.00. The van der Waals surface area contributed by atoms with E-state index in [4.69, 9.17) is 25.4 Å². The van der Waals surface area contributed by atoms with Gasteiger partial charge in [0.1, 0.15) is 12.4 Å². The number of benzene rings is 3. The highest BCUT2D eigenvalue weighted by atomic mass is 16.5. The summed E-state index contributed by atoms with van der Waals surface area (Å²) in [4.78, 5) is 13.7. The minimum absolute atomic E-state index is 0.404. The molecule has 0 unspecified atom stereocenters. The summed E-state index contributed by atoms with van der Waals surface area (Å²) in [5.41, 5.74) is 11.0. The van der Waals surface area contributed by atoms with Gasteiger partial charge < -0.3 is 15.6 Å². The third-order valence-corrected chi connectivity index (χ3v) is 4.42. The molecular weight excluding hydrogens is 376 g/mol. The van der Waals surface area contributed by atoms with E-state index < -0.39 is 5.97 Å². The topological polar surface area (TPSA) is 85.4 Å². The Morgan fingerprint density at radius 3 is 2.37 bits per heavy atom. The molecule has 0 aliphatic carbocycles. The third kappa shape index (κ3) is 5.43. The second-order valence-corrected chi connectivity index (χ2v) is 6.67. The first-order valence-electron chi connectivity index (χ1n) is 9.63. The van der Waals surface area contributed by atoms with Crippen LogP contribution in [0.15, 0.2) is 84.9 Å². The lowest BCUT2D eigenvalue weighted by Crippen LogP contribution is -2.05. The SMILES string of the molecule is CC(=O)O.NCc1cccc(-c2ccccc2)c1OCc1ccc2ccccc2n1. The van der Waals surface area contributed by atoms with Crippen LogP contribution in [0.25, 0.3) is 22.0 Å². The van der Waals surface area contributed by atoms with Crippen molar-refractivity contribution in [2.24, 2.45) is 5.73 Å². The fourth-order valence-electron chi connectivity index (χ4n) is 3.10. The Balaban J connectivity index is 0.000000589. The van der Waals surface area contributed by atoms with Crippen molar-refractivity contribution >= 4 is 16.9 Å². The van der Waals surface area contributed by atoms with E-state index in [1.54, 1.807) is 0 Å². The summed E-state index contributed by atoms with van der Waals surface area (Å²) >= 11 is 0. The van der Waals surface area contributed by atoms with Crippen molar-refractivity contribution in [1.82, 2.24) is 4.98 Å². The molecule has 5 heteroatoms. The molecule has 0 fully saturated rings. The number of carbonyl (C=O) groups is 1. The highest BCUT2D eigenvalue weighted by Crippen LogP contribution is 2.33. The molecule has 5 nitrogen and oxygen atoms in total. The summed E-state index contributed by atoms with van der Waals surface area (Å²) in [7, 11) is 0. The number of hydrogen-bond acceptors (Lipinski definition) is 4. The number of pyridine rings is 1. The lowest BCUT2D eigenvalue weighted by Gasteiger charge is -2.15. The van der Waals surface area contributed by atoms with Crippen LogP contribution in [-0.4, -0.2) is 16.1 Å². The Labute approximate surface area is 175 Å². The number of rotatable bonds is 5. The van der Waals surface area contributed by atoms with E-state index in [0.717, 1.165) is 46.0 Å². The van der Waals surface area contributed by atoms with Crippen molar-refractivity contribution < 1.29 is 14.6 Å². The molecule has 0 spiro atoms. The number of nitrogens with zero attached hydrogens (tertiary/aromatic N) is 1. The molecule has 30 heavy (non-hydrogen) atoms. The number of aromatic nitrogens is 1. The van der Waals surface area contributed by atoms with Gasteiger partial charge in [-0.05, 0) is 17.7 Å². The molecule has 3 aromatic carbocycles. The van der Waals surface area contributed by atoms with Gasteiger partial charge in [-0.1, -0.05) is 72.8 Å². The molecule has 4 rings (SSSR count). The van der Waals surface area contributed by atoms with Crippen LogP contribution in [0.3, 0.4) is 0 Å². The van der Waals surface area contributed by atoms with Crippen LogP contribution in [0.4, 0.5) is 0 Å². The van der Waals surface area contributed by atoms with Gasteiger partial charge in [0.25, 0.3) is 5.97 Å². The largest absolute Gasteiger partial charge is 0.486 e. The zero-order valence-corrected chi connectivity index (χ0v) is 16.8. The van der Waals surface area contributed by atoms with Gasteiger partial charge in [0, 0.05) is 30.0 Å². The van der Waals surface area contributed by atoms with E-state index in [1.165, 1.54) is 0 Å². The van der Waals surface area contributed by atoms with Crippen LogP contribution in [-0.2, 0) is 17.9 Å². The molecule has 0 amide bonds. The molecule has 0 aliphatic heterocycles. The van der Waals surface area contributed by atoms with E-state index in [2.05, 4.69) is 30.3 Å². The van der Waals surface area contributed by atoms with Crippen LogP contribution >= 0.6 is 0 Å². The van der Waals surface area contributed by atoms with Gasteiger partial charge in [-0.2, -0.15) is 0 Å². The predicted molar refractivity (Wildman–Crippen MR) is 119 cm³/mol. The second-order valence-electron chi connectivity index (χ2n) is 6.67. The van der Waals surface area contributed by atoms with Gasteiger partial charge >= 0.3 is 0 Å². The number of carboxylic acids is 1. The average Bonchev–Trinajstić information content (AvgIpc) is 2.77. The minimum atomic E-state index is -0.833. The fourth-order valence-corrected chi connectivity index (χ4v) is 3.10. The van der Waals surface area contributed by atoms with Gasteiger partial charge in [-0.15, -0.1) is 0 Å². The summed E-state index contributed by atoms with van der Waals surface area (Å²) in [6.07, 6.45) is 0. The summed E-state index contributed by atoms with van der Waals surface area (Å²) in [5, 5.41) is 8.54. The van der Waals surface area contributed by atoms with E-state index in [1.807, 2.05) is 54.6 Å². The standard InChI is InChI=1S/C23H20N2O.C2H4O2/c24-15-19-10-6-11-21(17-7-2-1-3-8-17)23(19)26-16-20-14-13-18-9-4-5-12-22(18)25-20;1-2(3)4/h1-14H,15-16,24H2;1H3,(H,3,4). The molecule has 1 aromatic heterocycles.